The first-order valence-electron chi connectivity index (χ1n) is 9.67. The van der Waals surface area contributed by atoms with Gasteiger partial charge in [-0.3, -0.25) is 0 Å². The molecule has 1 fully saturated rings. The molecule has 1 atom stereocenters. The molecule has 1 heterocycles. The van der Waals surface area contributed by atoms with E-state index in [1.165, 1.54) is 4.90 Å². The molecule has 1 amide bonds. The van der Waals surface area contributed by atoms with E-state index in [-0.39, 0.29) is 32.0 Å². The smallest absolute Gasteiger partial charge is 0.421 e. The normalized spacial score (nSPS) is 16.7. The zero-order valence-electron chi connectivity index (χ0n) is 17.4. The molecule has 1 aromatic rings. The van der Waals surface area contributed by atoms with Gasteiger partial charge in [0.25, 0.3) is 0 Å². The van der Waals surface area contributed by atoms with Crippen molar-refractivity contribution >= 4 is 17.7 Å². The molecule has 1 aliphatic rings. The van der Waals surface area contributed by atoms with Crippen LogP contribution in [0.4, 0.5) is 32.4 Å². The largest absolute Gasteiger partial charge is 0.478 e. The third-order valence-corrected chi connectivity index (χ3v) is 4.89. The Morgan fingerprint density at radius 1 is 1.23 bits per heavy atom. The number of halogens is 5. The van der Waals surface area contributed by atoms with E-state index < -0.39 is 65.1 Å². The number of hydrogen-bond acceptors (Lipinski definition) is 4. The van der Waals surface area contributed by atoms with Crippen LogP contribution in [0.2, 0.25) is 0 Å². The Balaban J connectivity index is 2.19. The van der Waals surface area contributed by atoms with Crippen LogP contribution in [0.15, 0.2) is 12.1 Å². The fourth-order valence-corrected chi connectivity index (χ4v) is 3.43. The predicted octanol–water partition coefficient (Wildman–Crippen LogP) is 4.94. The van der Waals surface area contributed by atoms with Crippen LogP contribution in [0.25, 0.3) is 0 Å². The second-order valence-electron chi connectivity index (χ2n) is 8.39. The standard InChI is InChI=1S/C20H25F5N2O4/c1-19(2,3)31-18(30)27-6-4-11(5-7-27)15(10-21)26-14-9-12(17(28)29)8-13(22)16(14)20(23,24)25/h8-9,11,15,26H,4-7,10H2,1-3H3,(H,28,29). The highest BCUT2D eigenvalue weighted by molar-refractivity contribution is 5.89. The van der Waals surface area contributed by atoms with Crippen molar-refractivity contribution in [3.05, 3.63) is 29.1 Å². The minimum absolute atomic E-state index is 0.216. The molecule has 1 unspecified atom stereocenters. The number of carbonyl (C=O) groups is 2. The van der Waals surface area contributed by atoms with Crippen molar-refractivity contribution in [3.8, 4) is 0 Å². The Morgan fingerprint density at radius 2 is 1.81 bits per heavy atom. The summed E-state index contributed by atoms with van der Waals surface area (Å²) in [5.41, 5.74) is -3.89. The maximum Gasteiger partial charge on any atom is 0.421 e. The topological polar surface area (TPSA) is 78.9 Å². The number of likely N-dealkylation sites (tertiary alicyclic amines) is 1. The fourth-order valence-electron chi connectivity index (χ4n) is 3.43. The predicted molar refractivity (Wildman–Crippen MR) is 102 cm³/mol. The van der Waals surface area contributed by atoms with Gasteiger partial charge in [0.1, 0.15) is 23.7 Å². The van der Waals surface area contributed by atoms with Crippen LogP contribution in [0.3, 0.4) is 0 Å². The van der Waals surface area contributed by atoms with Crippen molar-refractivity contribution in [2.45, 2.75) is 51.4 Å². The van der Waals surface area contributed by atoms with Gasteiger partial charge < -0.3 is 20.1 Å². The molecule has 1 aromatic carbocycles. The molecule has 174 valence electrons. The molecule has 2 rings (SSSR count). The number of nitrogens with zero attached hydrogens (tertiary/aromatic N) is 1. The van der Waals surface area contributed by atoms with Crippen LogP contribution in [0.1, 0.15) is 49.5 Å². The van der Waals surface area contributed by atoms with Crippen molar-refractivity contribution in [1.29, 1.82) is 0 Å². The summed E-state index contributed by atoms with van der Waals surface area (Å²) in [6, 6.07) is -0.197. The average Bonchev–Trinajstić information content (AvgIpc) is 2.63. The fraction of sp³-hybridized carbons (Fsp3) is 0.600. The Labute approximate surface area is 176 Å². The van der Waals surface area contributed by atoms with E-state index in [1.54, 1.807) is 20.8 Å². The van der Waals surface area contributed by atoms with Gasteiger partial charge in [0.2, 0.25) is 0 Å². The summed E-state index contributed by atoms with van der Waals surface area (Å²) in [6.07, 6.45) is -5.08. The van der Waals surface area contributed by atoms with Crippen molar-refractivity contribution in [2.24, 2.45) is 5.92 Å². The lowest BCUT2D eigenvalue weighted by atomic mass is 9.89. The van der Waals surface area contributed by atoms with Crippen molar-refractivity contribution in [3.63, 3.8) is 0 Å². The lowest BCUT2D eigenvalue weighted by Crippen LogP contribution is -2.45. The molecule has 0 spiro atoms. The number of ether oxygens (including phenoxy) is 1. The number of nitrogens with one attached hydrogen (secondary N) is 1. The molecular weight excluding hydrogens is 427 g/mol. The van der Waals surface area contributed by atoms with Crippen molar-refractivity contribution in [1.82, 2.24) is 4.90 Å². The number of hydrogen-bond donors (Lipinski definition) is 2. The highest BCUT2D eigenvalue weighted by atomic mass is 19.4. The third-order valence-electron chi connectivity index (χ3n) is 4.89. The summed E-state index contributed by atoms with van der Waals surface area (Å²) < 4.78 is 73.1. The van der Waals surface area contributed by atoms with Gasteiger partial charge in [-0.1, -0.05) is 0 Å². The van der Waals surface area contributed by atoms with Crippen LogP contribution in [-0.2, 0) is 10.9 Å². The summed E-state index contributed by atoms with van der Waals surface area (Å²) in [4.78, 5) is 24.7. The van der Waals surface area contributed by atoms with Crippen LogP contribution < -0.4 is 5.32 Å². The van der Waals surface area contributed by atoms with Crippen molar-refractivity contribution < 1.29 is 41.4 Å². The van der Waals surface area contributed by atoms with E-state index in [0.717, 1.165) is 0 Å². The van der Waals surface area contributed by atoms with Gasteiger partial charge >= 0.3 is 18.2 Å². The first kappa shape index (κ1) is 24.7. The average molecular weight is 452 g/mol. The molecule has 31 heavy (non-hydrogen) atoms. The van der Waals surface area contributed by atoms with Crippen LogP contribution in [-0.4, -0.2) is 53.5 Å². The van der Waals surface area contributed by atoms with Gasteiger partial charge in [0.15, 0.2) is 0 Å². The molecule has 1 saturated heterocycles. The summed E-state index contributed by atoms with van der Waals surface area (Å²) in [5, 5.41) is 11.4. The van der Waals surface area contributed by atoms with Crippen LogP contribution in [0.5, 0.6) is 0 Å². The summed E-state index contributed by atoms with van der Waals surface area (Å²) >= 11 is 0. The number of piperidine rings is 1. The molecule has 0 saturated carbocycles. The number of carbonyl (C=O) groups excluding carboxylic acids is 1. The molecular formula is C20H25F5N2O4. The van der Waals surface area contributed by atoms with E-state index >= 15 is 0 Å². The minimum atomic E-state index is -5.11. The zero-order valence-corrected chi connectivity index (χ0v) is 17.4. The lowest BCUT2D eigenvalue weighted by Gasteiger charge is -2.36. The molecule has 2 N–H and O–H groups in total. The number of carboxylic acids is 1. The van der Waals surface area contributed by atoms with Crippen molar-refractivity contribution in [2.75, 3.05) is 25.1 Å². The Kier molecular flexibility index (Phi) is 7.38. The number of anilines is 1. The van der Waals surface area contributed by atoms with Gasteiger partial charge in [-0.25, -0.2) is 18.4 Å². The maximum atomic E-state index is 14.1. The Bertz CT molecular complexity index is 815. The van der Waals surface area contributed by atoms with Gasteiger partial charge in [0, 0.05) is 13.1 Å². The van der Waals surface area contributed by atoms with E-state index in [2.05, 4.69) is 5.32 Å². The summed E-state index contributed by atoms with van der Waals surface area (Å²) in [7, 11) is 0. The quantitative estimate of drug-likeness (QED) is 0.619. The van der Waals surface area contributed by atoms with Gasteiger partial charge in [-0.2, -0.15) is 13.2 Å². The minimum Gasteiger partial charge on any atom is -0.478 e. The maximum absolute atomic E-state index is 14.1. The first-order valence-corrected chi connectivity index (χ1v) is 9.67. The van der Waals surface area contributed by atoms with Crippen LogP contribution in [0, 0.1) is 11.7 Å². The molecule has 6 nitrogen and oxygen atoms in total. The highest BCUT2D eigenvalue weighted by Gasteiger charge is 2.39. The van der Waals surface area contributed by atoms with E-state index in [9.17, 15) is 31.5 Å². The number of amides is 1. The van der Waals surface area contributed by atoms with E-state index in [4.69, 9.17) is 9.84 Å². The van der Waals surface area contributed by atoms with Gasteiger partial charge in [-0.15, -0.1) is 0 Å². The number of alkyl halides is 4. The zero-order chi connectivity index (χ0) is 23.6. The molecule has 0 bridgehead atoms. The van der Waals surface area contributed by atoms with Gasteiger partial charge in [0.05, 0.1) is 17.3 Å². The molecule has 0 radical (unpaired) electrons. The second kappa shape index (κ2) is 9.27. The van der Waals surface area contributed by atoms with E-state index in [1.807, 2.05) is 0 Å². The molecule has 0 aliphatic carbocycles. The Morgan fingerprint density at radius 3 is 2.26 bits per heavy atom. The number of rotatable bonds is 5. The number of benzene rings is 1. The monoisotopic (exact) mass is 452 g/mol. The summed E-state index contributed by atoms with van der Waals surface area (Å²) in [6.45, 7) is 4.50. The SMILES string of the molecule is CC(C)(C)OC(=O)N1CCC(C(CF)Nc2cc(C(=O)O)cc(F)c2C(F)(F)F)CC1. The van der Waals surface area contributed by atoms with E-state index in [0.29, 0.717) is 6.07 Å². The summed E-state index contributed by atoms with van der Waals surface area (Å²) in [5.74, 6) is -3.83. The lowest BCUT2D eigenvalue weighted by molar-refractivity contribution is -0.139. The van der Waals surface area contributed by atoms with Crippen LogP contribution >= 0.6 is 0 Å². The molecule has 1 aliphatic heterocycles. The highest BCUT2D eigenvalue weighted by Crippen LogP contribution is 2.39. The molecule has 0 aromatic heterocycles. The molecule has 11 heteroatoms. The Hall–Kier alpha value is -2.59. The number of aromatic carboxylic acids is 1. The first-order chi connectivity index (χ1) is 14.2. The van der Waals surface area contributed by atoms with Gasteiger partial charge in [-0.05, 0) is 51.7 Å². The number of carboxylic acid groups (broad SMARTS) is 1. The second-order valence-corrected chi connectivity index (χ2v) is 8.39. The third kappa shape index (κ3) is 6.44.